The number of benzene rings is 1. The average molecular weight is 290 g/mol. The molecule has 6 heteroatoms. The Bertz CT molecular complexity index is 671. The first-order chi connectivity index (χ1) is 9.65. The highest BCUT2D eigenvalue weighted by molar-refractivity contribution is 6.30. The molecule has 0 amide bonds. The van der Waals surface area contributed by atoms with Gasteiger partial charge in [0.2, 0.25) is 0 Å². The summed E-state index contributed by atoms with van der Waals surface area (Å²) in [5, 5.41) is 13.1. The molecular weight excluding hydrogens is 278 g/mol. The quantitative estimate of drug-likeness (QED) is 0.886. The van der Waals surface area contributed by atoms with Gasteiger partial charge in [-0.2, -0.15) is 0 Å². The zero-order chi connectivity index (χ0) is 14.1. The van der Waals surface area contributed by atoms with Gasteiger partial charge in [-0.15, -0.1) is 0 Å². The minimum Gasteiger partial charge on any atom is -0.476 e. The van der Waals surface area contributed by atoms with Crippen molar-refractivity contribution in [3.05, 3.63) is 46.2 Å². The van der Waals surface area contributed by atoms with Crippen molar-refractivity contribution in [3.63, 3.8) is 0 Å². The molecule has 0 radical (unpaired) electrons. The normalized spacial score (nSPS) is 13.8. The SMILES string of the molecule is O=C(O)c1nc(-c2ccc(Cl)cc2)nc2c1CCNC2. The molecule has 20 heavy (non-hydrogen) atoms. The molecule has 0 aliphatic carbocycles. The number of carboxylic acid groups (broad SMARTS) is 1. The third-order valence-electron chi connectivity index (χ3n) is 3.24. The molecule has 0 fully saturated rings. The summed E-state index contributed by atoms with van der Waals surface area (Å²) in [5.41, 5.74) is 2.34. The lowest BCUT2D eigenvalue weighted by atomic mass is 10.0. The Balaban J connectivity index is 2.14. The molecule has 2 heterocycles. The number of aromatic nitrogens is 2. The molecule has 0 saturated heterocycles. The highest BCUT2D eigenvalue weighted by Gasteiger charge is 2.21. The second-order valence-corrected chi connectivity index (χ2v) is 5.00. The van der Waals surface area contributed by atoms with Crippen molar-refractivity contribution in [2.75, 3.05) is 6.54 Å². The van der Waals surface area contributed by atoms with Crippen LogP contribution in [0.4, 0.5) is 0 Å². The molecule has 0 atom stereocenters. The van der Waals surface area contributed by atoms with Crippen LogP contribution in [0.5, 0.6) is 0 Å². The van der Waals surface area contributed by atoms with Crippen LogP contribution in [-0.4, -0.2) is 27.6 Å². The molecular formula is C14H12ClN3O2. The number of nitrogens with one attached hydrogen (secondary N) is 1. The lowest BCUT2D eigenvalue weighted by Crippen LogP contribution is -2.27. The number of rotatable bonds is 2. The van der Waals surface area contributed by atoms with Crippen LogP contribution < -0.4 is 5.32 Å². The fraction of sp³-hybridized carbons (Fsp3) is 0.214. The van der Waals surface area contributed by atoms with Crippen molar-refractivity contribution in [2.45, 2.75) is 13.0 Å². The highest BCUT2D eigenvalue weighted by atomic mass is 35.5. The number of carboxylic acids is 1. The van der Waals surface area contributed by atoms with Crippen LogP contribution >= 0.6 is 11.6 Å². The summed E-state index contributed by atoms with van der Waals surface area (Å²) in [4.78, 5) is 20.1. The molecule has 1 aliphatic rings. The molecule has 1 aromatic carbocycles. The van der Waals surface area contributed by atoms with Gasteiger partial charge in [-0.05, 0) is 37.2 Å². The molecule has 2 aromatic rings. The van der Waals surface area contributed by atoms with Gasteiger partial charge in [0.1, 0.15) is 0 Å². The Kier molecular flexibility index (Phi) is 3.38. The molecule has 5 nitrogen and oxygen atoms in total. The maximum atomic E-state index is 11.4. The summed E-state index contributed by atoms with van der Waals surface area (Å²) in [6.45, 7) is 1.32. The lowest BCUT2D eigenvalue weighted by Gasteiger charge is -2.18. The number of nitrogens with zero attached hydrogens (tertiary/aromatic N) is 2. The zero-order valence-corrected chi connectivity index (χ0v) is 11.3. The van der Waals surface area contributed by atoms with E-state index in [0.717, 1.165) is 23.4 Å². The molecule has 3 rings (SSSR count). The predicted molar refractivity (Wildman–Crippen MR) is 74.8 cm³/mol. The van der Waals surface area contributed by atoms with E-state index >= 15 is 0 Å². The third-order valence-corrected chi connectivity index (χ3v) is 3.49. The van der Waals surface area contributed by atoms with Crippen molar-refractivity contribution in [2.24, 2.45) is 0 Å². The summed E-state index contributed by atoms with van der Waals surface area (Å²) >= 11 is 5.85. The standard InChI is InChI=1S/C14H12ClN3O2/c15-9-3-1-8(2-4-9)13-17-11-7-16-6-5-10(11)12(18-13)14(19)20/h1-4,16H,5-7H2,(H,19,20). The summed E-state index contributed by atoms with van der Waals surface area (Å²) in [6, 6.07) is 7.04. The molecule has 102 valence electrons. The van der Waals surface area contributed by atoms with Crippen LogP contribution in [-0.2, 0) is 13.0 Å². The monoisotopic (exact) mass is 289 g/mol. The fourth-order valence-electron chi connectivity index (χ4n) is 2.26. The zero-order valence-electron chi connectivity index (χ0n) is 10.6. The van der Waals surface area contributed by atoms with Crippen molar-refractivity contribution in [3.8, 4) is 11.4 Å². The molecule has 1 aromatic heterocycles. The van der Waals surface area contributed by atoms with Gasteiger partial charge in [0.25, 0.3) is 0 Å². The van der Waals surface area contributed by atoms with Crippen LogP contribution in [0, 0.1) is 0 Å². The van der Waals surface area contributed by atoms with Crippen molar-refractivity contribution >= 4 is 17.6 Å². The Morgan fingerprint density at radius 2 is 2.00 bits per heavy atom. The van der Waals surface area contributed by atoms with Gasteiger partial charge >= 0.3 is 5.97 Å². The van der Waals surface area contributed by atoms with Crippen molar-refractivity contribution in [1.29, 1.82) is 0 Å². The Morgan fingerprint density at radius 3 is 2.70 bits per heavy atom. The van der Waals surface area contributed by atoms with Crippen molar-refractivity contribution < 1.29 is 9.90 Å². The van der Waals surface area contributed by atoms with E-state index < -0.39 is 5.97 Å². The molecule has 0 saturated carbocycles. The number of carbonyl (C=O) groups is 1. The molecule has 0 spiro atoms. The van der Waals surface area contributed by atoms with E-state index in [1.165, 1.54) is 0 Å². The maximum absolute atomic E-state index is 11.4. The smallest absolute Gasteiger partial charge is 0.354 e. The van der Waals surface area contributed by atoms with Crippen LogP contribution in [0.15, 0.2) is 24.3 Å². The van der Waals surface area contributed by atoms with Gasteiger partial charge in [-0.25, -0.2) is 14.8 Å². The average Bonchev–Trinajstić information content (AvgIpc) is 2.46. The van der Waals surface area contributed by atoms with Crippen LogP contribution in [0.2, 0.25) is 5.02 Å². The lowest BCUT2D eigenvalue weighted by molar-refractivity contribution is 0.0688. The molecule has 0 unspecified atom stereocenters. The number of hydrogen-bond acceptors (Lipinski definition) is 4. The van der Waals surface area contributed by atoms with Gasteiger partial charge < -0.3 is 10.4 Å². The first kappa shape index (κ1) is 13.0. The highest BCUT2D eigenvalue weighted by Crippen LogP contribution is 2.23. The van der Waals surface area contributed by atoms with Crippen LogP contribution in [0.3, 0.4) is 0 Å². The number of aromatic carboxylic acids is 1. The first-order valence-corrected chi connectivity index (χ1v) is 6.62. The van der Waals surface area contributed by atoms with E-state index in [9.17, 15) is 9.90 Å². The third kappa shape index (κ3) is 2.37. The van der Waals surface area contributed by atoms with Gasteiger partial charge in [0, 0.05) is 22.7 Å². The van der Waals surface area contributed by atoms with Gasteiger partial charge in [-0.3, -0.25) is 0 Å². The summed E-state index contributed by atoms with van der Waals surface area (Å²) in [7, 11) is 0. The van der Waals surface area contributed by atoms with Crippen LogP contribution in [0.1, 0.15) is 21.7 Å². The van der Waals surface area contributed by atoms with Gasteiger partial charge in [-0.1, -0.05) is 11.6 Å². The number of halogens is 1. The largest absolute Gasteiger partial charge is 0.476 e. The van der Waals surface area contributed by atoms with Crippen LogP contribution in [0.25, 0.3) is 11.4 Å². The summed E-state index contributed by atoms with van der Waals surface area (Å²) < 4.78 is 0. The van der Waals surface area contributed by atoms with E-state index in [0.29, 0.717) is 23.8 Å². The van der Waals surface area contributed by atoms with E-state index in [2.05, 4.69) is 15.3 Å². The van der Waals surface area contributed by atoms with Crippen molar-refractivity contribution in [1.82, 2.24) is 15.3 Å². The summed E-state index contributed by atoms with van der Waals surface area (Å²) in [6.07, 6.45) is 0.637. The summed E-state index contributed by atoms with van der Waals surface area (Å²) in [5.74, 6) is -0.595. The van der Waals surface area contributed by atoms with Gasteiger partial charge in [0.05, 0.1) is 5.69 Å². The van der Waals surface area contributed by atoms with E-state index in [1.807, 2.05) is 0 Å². The molecule has 0 bridgehead atoms. The van der Waals surface area contributed by atoms with E-state index in [1.54, 1.807) is 24.3 Å². The van der Waals surface area contributed by atoms with E-state index in [4.69, 9.17) is 11.6 Å². The minimum atomic E-state index is -1.01. The van der Waals surface area contributed by atoms with E-state index in [-0.39, 0.29) is 5.69 Å². The second kappa shape index (κ2) is 5.19. The predicted octanol–water partition coefficient (Wildman–Crippen LogP) is 2.14. The first-order valence-electron chi connectivity index (χ1n) is 6.25. The molecule has 2 N–H and O–H groups in total. The fourth-order valence-corrected chi connectivity index (χ4v) is 2.39. The van der Waals surface area contributed by atoms with Gasteiger partial charge in [0.15, 0.2) is 11.5 Å². The number of fused-ring (bicyclic) bond motifs is 1. The second-order valence-electron chi connectivity index (χ2n) is 4.56. The minimum absolute atomic E-state index is 0.0986. The number of hydrogen-bond donors (Lipinski definition) is 2. The Morgan fingerprint density at radius 1 is 1.25 bits per heavy atom. The molecule has 1 aliphatic heterocycles. The Hall–Kier alpha value is -1.98. The topological polar surface area (TPSA) is 75.1 Å². The Labute approximate surface area is 120 Å². The maximum Gasteiger partial charge on any atom is 0.354 e.